The lowest BCUT2D eigenvalue weighted by Crippen LogP contribution is -2.12. The second kappa shape index (κ2) is 16.8. The molecule has 2 nitrogen and oxygen atoms in total. The second-order valence-electron chi connectivity index (χ2n) is 6.81. The quantitative estimate of drug-likeness (QED) is 0.235. The summed E-state index contributed by atoms with van der Waals surface area (Å²) in [6.45, 7) is 4.24. The summed E-state index contributed by atoms with van der Waals surface area (Å²) in [5.41, 5.74) is 0. The van der Waals surface area contributed by atoms with Gasteiger partial charge in [-0.05, 0) is 6.42 Å². The summed E-state index contributed by atoms with van der Waals surface area (Å²) < 4.78 is 4.74. The fourth-order valence-corrected chi connectivity index (χ4v) is 2.96. The number of rotatable bonds is 16. The van der Waals surface area contributed by atoms with Crippen LogP contribution in [-0.4, -0.2) is 13.1 Å². The van der Waals surface area contributed by atoms with E-state index in [1.807, 2.05) is 6.92 Å². The first kappa shape index (κ1) is 21.5. The topological polar surface area (TPSA) is 26.3 Å². The Morgan fingerprint density at radius 3 is 1.45 bits per heavy atom. The molecule has 0 spiro atoms. The lowest BCUT2D eigenvalue weighted by atomic mass is 10.0. The minimum absolute atomic E-state index is 0.0605. The zero-order chi connectivity index (χ0) is 16.5. The van der Waals surface area contributed by atoms with E-state index in [2.05, 4.69) is 6.92 Å². The highest BCUT2D eigenvalue weighted by Gasteiger charge is 2.11. The van der Waals surface area contributed by atoms with Crippen LogP contribution in [0.5, 0.6) is 0 Å². The number of unbranched alkanes of at least 4 members (excludes halogenated alkanes) is 13. The van der Waals surface area contributed by atoms with Crippen LogP contribution < -0.4 is 0 Å². The standard InChI is InChI=1S/C20H40O2/c1-4-5-6-7-8-9-10-11-12-13-14-15-16-17-18-19(2)20(21)22-3/h19H,4-18H2,1-3H3/t19-/m1/s1. The Kier molecular flexibility index (Phi) is 16.4. The third-order valence-corrected chi connectivity index (χ3v) is 4.59. The van der Waals surface area contributed by atoms with Gasteiger partial charge >= 0.3 is 5.97 Å². The Labute approximate surface area is 139 Å². The van der Waals surface area contributed by atoms with E-state index in [0.29, 0.717) is 0 Å². The molecule has 0 aromatic rings. The van der Waals surface area contributed by atoms with Gasteiger partial charge in [-0.2, -0.15) is 0 Å². The molecule has 0 saturated heterocycles. The molecule has 0 bridgehead atoms. The molecule has 2 heteroatoms. The van der Waals surface area contributed by atoms with E-state index in [-0.39, 0.29) is 11.9 Å². The average molecular weight is 313 g/mol. The molecule has 0 aliphatic carbocycles. The van der Waals surface area contributed by atoms with E-state index in [0.717, 1.165) is 12.8 Å². The molecule has 22 heavy (non-hydrogen) atoms. The summed E-state index contributed by atoms with van der Waals surface area (Å²) in [5, 5.41) is 0. The third kappa shape index (κ3) is 14.4. The van der Waals surface area contributed by atoms with Crippen molar-refractivity contribution >= 4 is 5.97 Å². The summed E-state index contributed by atoms with van der Waals surface area (Å²) in [6, 6.07) is 0. The van der Waals surface area contributed by atoms with Crippen molar-refractivity contribution in [3.8, 4) is 0 Å². The van der Waals surface area contributed by atoms with Crippen molar-refractivity contribution in [3.05, 3.63) is 0 Å². The van der Waals surface area contributed by atoms with E-state index in [1.54, 1.807) is 0 Å². The van der Waals surface area contributed by atoms with Gasteiger partial charge in [0, 0.05) is 0 Å². The van der Waals surface area contributed by atoms with Gasteiger partial charge in [-0.3, -0.25) is 4.79 Å². The van der Waals surface area contributed by atoms with Crippen LogP contribution in [0.3, 0.4) is 0 Å². The van der Waals surface area contributed by atoms with E-state index in [1.165, 1.54) is 90.6 Å². The summed E-state index contributed by atoms with van der Waals surface area (Å²) in [6.07, 6.45) is 20.3. The van der Waals surface area contributed by atoms with Crippen LogP contribution in [0.25, 0.3) is 0 Å². The number of esters is 1. The minimum atomic E-state index is -0.0605. The SMILES string of the molecule is CCCCCCCCCCCCCCCC[C@@H](C)C(=O)OC. The Hall–Kier alpha value is -0.530. The fourth-order valence-electron chi connectivity index (χ4n) is 2.96. The van der Waals surface area contributed by atoms with Gasteiger partial charge in [0.15, 0.2) is 0 Å². The largest absolute Gasteiger partial charge is 0.469 e. The zero-order valence-electron chi connectivity index (χ0n) is 15.5. The molecule has 0 rings (SSSR count). The number of carbonyl (C=O) groups excluding carboxylic acids is 1. The van der Waals surface area contributed by atoms with Crippen molar-refractivity contribution in [2.24, 2.45) is 5.92 Å². The van der Waals surface area contributed by atoms with Gasteiger partial charge in [-0.1, -0.05) is 104 Å². The molecule has 0 fully saturated rings. The highest BCUT2D eigenvalue weighted by Crippen LogP contribution is 2.15. The van der Waals surface area contributed by atoms with E-state index in [9.17, 15) is 4.79 Å². The van der Waals surface area contributed by atoms with Crippen LogP contribution in [0.2, 0.25) is 0 Å². The van der Waals surface area contributed by atoms with Gasteiger partial charge in [-0.25, -0.2) is 0 Å². The van der Waals surface area contributed by atoms with Crippen LogP contribution in [0.1, 0.15) is 110 Å². The number of ether oxygens (including phenoxy) is 1. The number of hydrogen-bond donors (Lipinski definition) is 0. The Balaban J connectivity index is 3.10. The lowest BCUT2D eigenvalue weighted by molar-refractivity contribution is -0.145. The van der Waals surface area contributed by atoms with Crippen molar-refractivity contribution in [1.29, 1.82) is 0 Å². The maximum Gasteiger partial charge on any atom is 0.308 e. The first-order chi connectivity index (χ1) is 10.7. The maximum atomic E-state index is 11.3. The van der Waals surface area contributed by atoms with Gasteiger partial charge in [-0.15, -0.1) is 0 Å². The van der Waals surface area contributed by atoms with Crippen LogP contribution in [0, 0.1) is 5.92 Å². The molecule has 0 N–H and O–H groups in total. The average Bonchev–Trinajstić information content (AvgIpc) is 2.54. The van der Waals surface area contributed by atoms with Gasteiger partial charge in [0.25, 0.3) is 0 Å². The monoisotopic (exact) mass is 312 g/mol. The number of hydrogen-bond acceptors (Lipinski definition) is 2. The third-order valence-electron chi connectivity index (χ3n) is 4.59. The van der Waals surface area contributed by atoms with Crippen molar-refractivity contribution in [3.63, 3.8) is 0 Å². The molecule has 0 radical (unpaired) electrons. The lowest BCUT2D eigenvalue weighted by Gasteiger charge is -2.08. The molecular weight excluding hydrogens is 272 g/mol. The van der Waals surface area contributed by atoms with Crippen molar-refractivity contribution in [1.82, 2.24) is 0 Å². The van der Waals surface area contributed by atoms with Crippen LogP contribution in [0.15, 0.2) is 0 Å². The van der Waals surface area contributed by atoms with Gasteiger partial charge < -0.3 is 4.74 Å². The molecule has 0 heterocycles. The summed E-state index contributed by atoms with van der Waals surface area (Å²) in [7, 11) is 1.48. The van der Waals surface area contributed by atoms with Crippen molar-refractivity contribution < 1.29 is 9.53 Å². The number of carbonyl (C=O) groups is 1. The van der Waals surface area contributed by atoms with E-state index >= 15 is 0 Å². The molecule has 0 aliphatic heterocycles. The first-order valence-electron chi connectivity index (χ1n) is 9.80. The molecule has 0 unspecified atom stereocenters. The van der Waals surface area contributed by atoms with Crippen molar-refractivity contribution in [2.45, 2.75) is 110 Å². The van der Waals surface area contributed by atoms with Crippen LogP contribution in [-0.2, 0) is 9.53 Å². The van der Waals surface area contributed by atoms with Gasteiger partial charge in [0.2, 0.25) is 0 Å². The summed E-state index contributed by atoms with van der Waals surface area (Å²) in [4.78, 5) is 11.3. The Morgan fingerprint density at radius 1 is 0.727 bits per heavy atom. The minimum Gasteiger partial charge on any atom is -0.469 e. The molecule has 0 aromatic carbocycles. The Bertz CT molecular complexity index is 238. The molecule has 0 aliphatic rings. The summed E-state index contributed by atoms with van der Waals surface area (Å²) in [5.74, 6) is 0.0111. The molecule has 0 amide bonds. The predicted molar refractivity (Wildman–Crippen MR) is 96.1 cm³/mol. The van der Waals surface area contributed by atoms with Crippen LogP contribution in [0.4, 0.5) is 0 Å². The van der Waals surface area contributed by atoms with Crippen LogP contribution >= 0.6 is 0 Å². The predicted octanol–water partition coefficient (Wildman–Crippen LogP) is 6.67. The molecular formula is C20H40O2. The molecule has 132 valence electrons. The number of methoxy groups -OCH3 is 1. The van der Waals surface area contributed by atoms with E-state index in [4.69, 9.17) is 4.74 Å². The molecule has 0 aromatic heterocycles. The fraction of sp³-hybridized carbons (Fsp3) is 0.950. The highest BCUT2D eigenvalue weighted by molar-refractivity contribution is 5.71. The highest BCUT2D eigenvalue weighted by atomic mass is 16.5. The van der Waals surface area contributed by atoms with E-state index < -0.39 is 0 Å². The van der Waals surface area contributed by atoms with Gasteiger partial charge in [0.05, 0.1) is 13.0 Å². The Morgan fingerprint density at radius 2 is 1.09 bits per heavy atom. The van der Waals surface area contributed by atoms with Gasteiger partial charge in [0.1, 0.15) is 0 Å². The maximum absolute atomic E-state index is 11.3. The second-order valence-corrected chi connectivity index (χ2v) is 6.81. The normalized spacial score (nSPS) is 12.3. The van der Waals surface area contributed by atoms with Crippen molar-refractivity contribution in [2.75, 3.05) is 7.11 Å². The molecule has 1 atom stereocenters. The summed E-state index contributed by atoms with van der Waals surface area (Å²) >= 11 is 0. The first-order valence-corrected chi connectivity index (χ1v) is 9.80. The zero-order valence-corrected chi connectivity index (χ0v) is 15.5. The molecule has 0 saturated carbocycles. The smallest absolute Gasteiger partial charge is 0.308 e.